The lowest BCUT2D eigenvalue weighted by molar-refractivity contribution is 0.122. The van der Waals surface area contributed by atoms with Crippen molar-refractivity contribution in [1.29, 1.82) is 0 Å². The maximum Gasteiger partial charge on any atom is 0.121 e. The lowest BCUT2D eigenvalue weighted by atomic mass is 10.2. The molecule has 0 saturated carbocycles. The summed E-state index contributed by atoms with van der Waals surface area (Å²) < 4.78 is 16.8. The molecule has 22 heavy (non-hydrogen) atoms. The van der Waals surface area contributed by atoms with Crippen LogP contribution in [-0.4, -0.2) is 46.1 Å². The summed E-state index contributed by atoms with van der Waals surface area (Å²) in [5, 5.41) is 0. The first kappa shape index (κ1) is 17.1. The molecule has 0 amide bonds. The predicted molar refractivity (Wildman–Crippen MR) is 89.9 cm³/mol. The zero-order valence-corrected chi connectivity index (χ0v) is 13.8. The minimum absolute atomic E-state index is 0.754. The van der Waals surface area contributed by atoms with Gasteiger partial charge in [0.15, 0.2) is 0 Å². The largest absolute Gasteiger partial charge is 0.494 e. The first-order chi connectivity index (χ1) is 10.9. The molecule has 0 radical (unpaired) electrons. The molecular weight excluding hydrogens is 278 g/mol. The van der Waals surface area contributed by atoms with Gasteiger partial charge in [-0.05, 0) is 31.4 Å². The fourth-order valence-electron chi connectivity index (χ4n) is 2.44. The van der Waals surface area contributed by atoms with E-state index in [9.17, 15) is 0 Å². The van der Waals surface area contributed by atoms with E-state index in [2.05, 4.69) is 30.0 Å². The van der Waals surface area contributed by atoms with Gasteiger partial charge < -0.3 is 19.1 Å². The molecule has 1 aliphatic heterocycles. The number of hydrogen-bond donors (Lipinski definition) is 0. The Kier molecular flexibility index (Phi) is 8.13. The molecule has 4 nitrogen and oxygen atoms in total. The van der Waals surface area contributed by atoms with E-state index in [4.69, 9.17) is 14.2 Å². The fraction of sp³-hybridized carbons (Fsp3) is 0.667. The molecule has 0 unspecified atom stereocenters. The summed E-state index contributed by atoms with van der Waals surface area (Å²) >= 11 is 0. The summed E-state index contributed by atoms with van der Waals surface area (Å²) in [6.07, 6.45) is 4.45. The van der Waals surface area contributed by atoms with Crippen molar-refractivity contribution >= 4 is 5.69 Å². The zero-order chi connectivity index (χ0) is 15.5. The number of anilines is 1. The average Bonchev–Trinajstić information content (AvgIpc) is 2.58. The molecule has 0 N–H and O–H groups in total. The highest BCUT2D eigenvalue weighted by Gasteiger charge is 2.11. The van der Waals surface area contributed by atoms with E-state index >= 15 is 0 Å². The average molecular weight is 307 g/mol. The molecule has 0 atom stereocenters. The van der Waals surface area contributed by atoms with Gasteiger partial charge in [0.1, 0.15) is 5.75 Å². The Balaban J connectivity index is 1.63. The van der Waals surface area contributed by atoms with Crippen molar-refractivity contribution in [3.63, 3.8) is 0 Å². The molecule has 1 aromatic carbocycles. The predicted octanol–water partition coefficient (Wildman–Crippen LogP) is 3.50. The first-order valence-corrected chi connectivity index (χ1v) is 8.53. The minimum atomic E-state index is 0.754. The maximum atomic E-state index is 5.85. The van der Waals surface area contributed by atoms with Crippen LogP contribution >= 0.6 is 0 Å². The Morgan fingerprint density at radius 2 is 1.82 bits per heavy atom. The smallest absolute Gasteiger partial charge is 0.121 e. The highest BCUT2D eigenvalue weighted by molar-refractivity contribution is 5.50. The highest BCUT2D eigenvalue weighted by atomic mass is 16.5. The van der Waals surface area contributed by atoms with E-state index in [0.29, 0.717) is 0 Å². The third-order valence-electron chi connectivity index (χ3n) is 3.79. The summed E-state index contributed by atoms with van der Waals surface area (Å²) in [5.41, 5.74) is 1.23. The number of ether oxygens (including phenoxy) is 3. The molecule has 124 valence electrons. The normalized spacial score (nSPS) is 15.0. The summed E-state index contributed by atoms with van der Waals surface area (Å²) in [7, 11) is 0. The Morgan fingerprint density at radius 1 is 1.05 bits per heavy atom. The van der Waals surface area contributed by atoms with E-state index < -0.39 is 0 Å². The van der Waals surface area contributed by atoms with Crippen molar-refractivity contribution in [3.05, 3.63) is 24.3 Å². The molecular formula is C18H29NO3. The second-order valence-corrected chi connectivity index (χ2v) is 5.62. The monoisotopic (exact) mass is 307 g/mol. The Labute approximate surface area is 134 Å². The van der Waals surface area contributed by atoms with E-state index in [1.54, 1.807) is 0 Å². The van der Waals surface area contributed by atoms with Crippen molar-refractivity contribution in [2.45, 2.75) is 32.6 Å². The summed E-state index contributed by atoms with van der Waals surface area (Å²) in [4.78, 5) is 2.35. The lowest BCUT2D eigenvalue weighted by Crippen LogP contribution is -2.36. The minimum Gasteiger partial charge on any atom is -0.494 e. The van der Waals surface area contributed by atoms with Gasteiger partial charge in [0.05, 0.1) is 19.8 Å². The third kappa shape index (κ3) is 6.24. The molecule has 0 spiro atoms. The van der Waals surface area contributed by atoms with Crippen molar-refractivity contribution in [3.8, 4) is 5.75 Å². The molecule has 1 saturated heterocycles. The Bertz CT molecular complexity index is 405. The number of morpholine rings is 1. The molecule has 4 heteroatoms. The Hall–Kier alpha value is -1.26. The van der Waals surface area contributed by atoms with Crippen LogP contribution in [0.25, 0.3) is 0 Å². The fourth-order valence-corrected chi connectivity index (χ4v) is 2.44. The van der Waals surface area contributed by atoms with Gasteiger partial charge in [-0.3, -0.25) is 0 Å². The molecule has 0 bridgehead atoms. The van der Waals surface area contributed by atoms with Crippen LogP contribution in [0.3, 0.4) is 0 Å². The second-order valence-electron chi connectivity index (χ2n) is 5.62. The van der Waals surface area contributed by atoms with Crippen LogP contribution in [0.4, 0.5) is 5.69 Å². The highest BCUT2D eigenvalue weighted by Crippen LogP contribution is 2.22. The Morgan fingerprint density at radius 3 is 2.64 bits per heavy atom. The van der Waals surface area contributed by atoms with Crippen LogP contribution in [0.1, 0.15) is 32.6 Å². The van der Waals surface area contributed by atoms with Crippen LogP contribution in [-0.2, 0) is 9.47 Å². The van der Waals surface area contributed by atoms with Gasteiger partial charge in [0.2, 0.25) is 0 Å². The molecule has 2 rings (SSSR count). The van der Waals surface area contributed by atoms with Gasteiger partial charge in [-0.2, -0.15) is 0 Å². The number of rotatable bonds is 10. The number of hydrogen-bond acceptors (Lipinski definition) is 4. The van der Waals surface area contributed by atoms with Gasteiger partial charge in [-0.15, -0.1) is 0 Å². The summed E-state index contributed by atoms with van der Waals surface area (Å²) in [5.74, 6) is 0.955. The molecule has 0 aliphatic carbocycles. The van der Waals surface area contributed by atoms with Crippen LogP contribution < -0.4 is 9.64 Å². The molecule has 1 aromatic rings. The first-order valence-electron chi connectivity index (χ1n) is 8.53. The second kappa shape index (κ2) is 10.5. The molecule has 1 aliphatic rings. The maximum absolute atomic E-state index is 5.85. The van der Waals surface area contributed by atoms with Crippen molar-refractivity contribution in [1.82, 2.24) is 0 Å². The van der Waals surface area contributed by atoms with Gasteiger partial charge in [-0.1, -0.05) is 19.4 Å². The van der Waals surface area contributed by atoms with Gasteiger partial charge in [0.25, 0.3) is 0 Å². The van der Waals surface area contributed by atoms with Crippen LogP contribution in [0, 0.1) is 0 Å². The quantitative estimate of drug-likeness (QED) is 0.619. The van der Waals surface area contributed by atoms with Crippen LogP contribution in [0.15, 0.2) is 24.3 Å². The van der Waals surface area contributed by atoms with Crippen LogP contribution in [0.2, 0.25) is 0 Å². The number of nitrogens with zero attached hydrogens (tertiary/aromatic N) is 1. The molecule has 1 fully saturated rings. The topological polar surface area (TPSA) is 30.9 Å². The van der Waals surface area contributed by atoms with E-state index in [-0.39, 0.29) is 0 Å². The van der Waals surface area contributed by atoms with Gasteiger partial charge in [0, 0.05) is 38.1 Å². The van der Waals surface area contributed by atoms with E-state index in [0.717, 1.165) is 71.1 Å². The van der Waals surface area contributed by atoms with Crippen molar-refractivity contribution in [2.75, 3.05) is 51.0 Å². The van der Waals surface area contributed by atoms with Crippen LogP contribution in [0.5, 0.6) is 5.75 Å². The lowest BCUT2D eigenvalue weighted by Gasteiger charge is -2.29. The SMILES string of the molecule is CCCCOCCCCOc1cccc(N2CCOCC2)c1. The molecule has 0 aromatic heterocycles. The van der Waals surface area contributed by atoms with E-state index in [1.165, 1.54) is 12.1 Å². The standard InChI is InChI=1S/C18H29NO3/c1-2-3-11-20-12-4-5-13-22-18-8-6-7-17(16-18)19-9-14-21-15-10-19/h6-8,16H,2-5,9-15H2,1H3. The van der Waals surface area contributed by atoms with Crippen molar-refractivity contribution < 1.29 is 14.2 Å². The zero-order valence-electron chi connectivity index (χ0n) is 13.8. The molecule has 1 heterocycles. The number of unbranched alkanes of at least 4 members (excludes halogenated alkanes) is 2. The number of benzene rings is 1. The van der Waals surface area contributed by atoms with E-state index in [1.807, 2.05) is 6.07 Å². The third-order valence-corrected chi connectivity index (χ3v) is 3.79. The van der Waals surface area contributed by atoms with Gasteiger partial charge in [-0.25, -0.2) is 0 Å². The summed E-state index contributed by atoms with van der Waals surface area (Å²) in [6.45, 7) is 8.20. The van der Waals surface area contributed by atoms with Gasteiger partial charge >= 0.3 is 0 Å². The van der Waals surface area contributed by atoms with Crippen molar-refractivity contribution in [2.24, 2.45) is 0 Å². The summed E-state index contributed by atoms with van der Waals surface area (Å²) in [6, 6.07) is 8.36.